The summed E-state index contributed by atoms with van der Waals surface area (Å²) in [5, 5.41) is 15.1. The van der Waals surface area contributed by atoms with Gasteiger partial charge in [-0.1, -0.05) is 45.8 Å². The molecule has 3 aromatic rings. The van der Waals surface area contributed by atoms with Crippen LogP contribution in [0, 0.1) is 17.0 Å². The minimum Gasteiger partial charge on any atom is -0.455 e. The fourth-order valence-corrected chi connectivity index (χ4v) is 2.88. The van der Waals surface area contributed by atoms with E-state index in [1.807, 2.05) is 31.2 Å². The molecule has 1 heterocycles. The number of nitro benzene ring substituents is 1. The molecule has 142 valence electrons. The summed E-state index contributed by atoms with van der Waals surface area (Å²) in [5.74, 6) is 0.449. The Hall–Kier alpha value is -3.26. The number of rotatable bonds is 6. The van der Waals surface area contributed by atoms with E-state index < -0.39 is 4.92 Å². The van der Waals surface area contributed by atoms with E-state index in [0.29, 0.717) is 21.6 Å². The molecule has 7 nitrogen and oxygen atoms in total. The van der Waals surface area contributed by atoms with Gasteiger partial charge in [-0.05, 0) is 36.8 Å². The van der Waals surface area contributed by atoms with Gasteiger partial charge in [-0.3, -0.25) is 14.9 Å². The summed E-state index contributed by atoms with van der Waals surface area (Å²) < 4.78 is 6.20. The van der Waals surface area contributed by atoms with Crippen molar-refractivity contribution in [1.82, 2.24) is 5.43 Å². The average molecular weight is 442 g/mol. The molecule has 0 bridgehead atoms. The van der Waals surface area contributed by atoms with Crippen molar-refractivity contribution in [2.24, 2.45) is 5.10 Å². The van der Waals surface area contributed by atoms with Crippen molar-refractivity contribution < 1.29 is 14.1 Å². The number of hydrazone groups is 1. The highest BCUT2D eigenvalue weighted by molar-refractivity contribution is 9.10. The number of nitrogens with zero attached hydrogens (tertiary/aromatic N) is 2. The molecule has 8 heteroatoms. The van der Waals surface area contributed by atoms with Crippen LogP contribution in [-0.2, 0) is 11.2 Å². The van der Waals surface area contributed by atoms with Crippen LogP contribution >= 0.6 is 15.9 Å². The topological polar surface area (TPSA) is 97.7 Å². The fraction of sp³-hybridized carbons (Fsp3) is 0.100. The monoisotopic (exact) mass is 441 g/mol. The number of aryl methyl sites for hydroxylation is 1. The van der Waals surface area contributed by atoms with Crippen LogP contribution in [-0.4, -0.2) is 17.0 Å². The summed E-state index contributed by atoms with van der Waals surface area (Å²) in [6.07, 6.45) is 1.56. The Balaban J connectivity index is 1.65. The van der Waals surface area contributed by atoms with Crippen LogP contribution in [0.3, 0.4) is 0 Å². The molecule has 3 rings (SSSR count). The Morgan fingerprint density at radius 1 is 1.21 bits per heavy atom. The number of benzene rings is 2. The van der Waals surface area contributed by atoms with Gasteiger partial charge in [0.2, 0.25) is 5.91 Å². The lowest BCUT2D eigenvalue weighted by Crippen LogP contribution is -2.19. The zero-order valence-electron chi connectivity index (χ0n) is 14.9. The van der Waals surface area contributed by atoms with Gasteiger partial charge in [0, 0.05) is 10.5 Å². The van der Waals surface area contributed by atoms with Crippen molar-refractivity contribution in [2.75, 3.05) is 0 Å². The van der Waals surface area contributed by atoms with Gasteiger partial charge in [0.05, 0.1) is 23.1 Å². The van der Waals surface area contributed by atoms with Crippen molar-refractivity contribution in [2.45, 2.75) is 13.3 Å². The normalized spacial score (nSPS) is 10.9. The van der Waals surface area contributed by atoms with Crippen molar-refractivity contribution in [3.63, 3.8) is 0 Å². The highest BCUT2D eigenvalue weighted by Crippen LogP contribution is 2.33. The van der Waals surface area contributed by atoms with E-state index in [9.17, 15) is 14.9 Å². The predicted octanol–water partition coefficient (Wildman–Crippen LogP) is 4.62. The van der Waals surface area contributed by atoms with Crippen molar-refractivity contribution in [3.8, 4) is 11.3 Å². The Kier molecular flexibility index (Phi) is 6.00. The van der Waals surface area contributed by atoms with Gasteiger partial charge in [0.15, 0.2) is 0 Å². The molecular formula is C20H16BrN3O4. The Morgan fingerprint density at radius 3 is 2.68 bits per heavy atom. The Labute approximate surface area is 169 Å². The van der Waals surface area contributed by atoms with E-state index in [4.69, 9.17) is 4.42 Å². The smallest absolute Gasteiger partial charge is 0.281 e. The number of nitrogens with one attached hydrogen (secondary N) is 1. The van der Waals surface area contributed by atoms with E-state index in [1.165, 1.54) is 12.3 Å². The van der Waals surface area contributed by atoms with Gasteiger partial charge < -0.3 is 4.42 Å². The maximum absolute atomic E-state index is 11.9. The summed E-state index contributed by atoms with van der Waals surface area (Å²) in [6.45, 7) is 1.98. The van der Waals surface area contributed by atoms with Crippen LogP contribution in [0.5, 0.6) is 0 Å². The first-order chi connectivity index (χ1) is 13.4. The van der Waals surface area contributed by atoms with Gasteiger partial charge in [-0.2, -0.15) is 5.10 Å². The van der Waals surface area contributed by atoms with Crippen LogP contribution in [0.15, 0.2) is 68.6 Å². The van der Waals surface area contributed by atoms with E-state index in [1.54, 1.807) is 24.3 Å². The van der Waals surface area contributed by atoms with Crippen LogP contribution in [0.1, 0.15) is 16.9 Å². The van der Waals surface area contributed by atoms with E-state index >= 15 is 0 Å². The molecule has 0 fully saturated rings. The zero-order valence-corrected chi connectivity index (χ0v) is 16.5. The molecule has 0 aliphatic rings. The molecule has 0 aliphatic carbocycles. The number of hydrogen-bond donors (Lipinski definition) is 1. The van der Waals surface area contributed by atoms with Crippen LogP contribution in [0.4, 0.5) is 5.69 Å². The number of furan rings is 1. The third kappa shape index (κ3) is 4.92. The molecule has 0 saturated carbocycles. The van der Waals surface area contributed by atoms with E-state index in [-0.39, 0.29) is 18.0 Å². The second kappa shape index (κ2) is 8.62. The summed E-state index contributed by atoms with van der Waals surface area (Å²) >= 11 is 3.22. The lowest BCUT2D eigenvalue weighted by atomic mass is 10.1. The van der Waals surface area contributed by atoms with Gasteiger partial charge in [-0.25, -0.2) is 5.43 Å². The van der Waals surface area contributed by atoms with Crippen molar-refractivity contribution >= 4 is 33.7 Å². The molecule has 2 aromatic carbocycles. The Morgan fingerprint density at radius 2 is 1.96 bits per heavy atom. The molecular weight excluding hydrogens is 426 g/mol. The number of hydrogen-bond acceptors (Lipinski definition) is 5. The molecule has 0 aliphatic heterocycles. The summed E-state index contributed by atoms with van der Waals surface area (Å²) in [6, 6.07) is 15.6. The highest BCUT2D eigenvalue weighted by Gasteiger charge is 2.18. The van der Waals surface area contributed by atoms with Gasteiger partial charge >= 0.3 is 0 Å². The first-order valence-electron chi connectivity index (χ1n) is 8.34. The SMILES string of the molecule is Cc1ccc(CC(=O)N/N=C\c2ccc(-c3ccc(Br)cc3[N+](=O)[O-])o2)cc1. The zero-order chi connectivity index (χ0) is 20.1. The second-order valence-corrected chi connectivity index (χ2v) is 6.99. The molecule has 0 unspecified atom stereocenters. The third-order valence-corrected chi connectivity index (χ3v) is 4.41. The van der Waals surface area contributed by atoms with Crippen molar-refractivity contribution in [3.05, 3.63) is 86.1 Å². The number of nitro groups is 1. The van der Waals surface area contributed by atoms with Gasteiger partial charge in [-0.15, -0.1) is 0 Å². The average Bonchev–Trinajstić information content (AvgIpc) is 3.12. The molecule has 1 N–H and O–H groups in total. The van der Waals surface area contributed by atoms with Gasteiger partial charge in [0.25, 0.3) is 5.69 Å². The quantitative estimate of drug-likeness (QED) is 0.342. The molecule has 0 spiro atoms. The number of carbonyl (C=O) groups is 1. The third-order valence-electron chi connectivity index (χ3n) is 3.92. The minimum atomic E-state index is -0.471. The molecule has 0 radical (unpaired) electrons. The number of carbonyl (C=O) groups excluding carboxylic acids is 1. The summed E-state index contributed by atoms with van der Waals surface area (Å²) in [5.41, 5.74) is 4.74. The van der Waals surface area contributed by atoms with E-state index in [0.717, 1.165) is 11.1 Å². The second-order valence-electron chi connectivity index (χ2n) is 6.08. The lowest BCUT2D eigenvalue weighted by molar-refractivity contribution is -0.384. The highest BCUT2D eigenvalue weighted by atomic mass is 79.9. The van der Waals surface area contributed by atoms with E-state index in [2.05, 4.69) is 26.5 Å². The fourth-order valence-electron chi connectivity index (χ4n) is 2.53. The first-order valence-corrected chi connectivity index (χ1v) is 9.13. The van der Waals surface area contributed by atoms with Crippen LogP contribution in [0.2, 0.25) is 0 Å². The first kappa shape index (κ1) is 19.5. The maximum atomic E-state index is 11.9. The van der Waals surface area contributed by atoms with Crippen LogP contribution in [0.25, 0.3) is 11.3 Å². The minimum absolute atomic E-state index is 0.0707. The lowest BCUT2D eigenvalue weighted by Gasteiger charge is -2.01. The molecule has 1 amide bonds. The Bertz CT molecular complexity index is 1040. The molecule has 0 atom stereocenters. The summed E-state index contributed by atoms with van der Waals surface area (Å²) in [7, 11) is 0. The van der Waals surface area contributed by atoms with Crippen molar-refractivity contribution in [1.29, 1.82) is 0 Å². The maximum Gasteiger partial charge on any atom is 0.281 e. The number of amides is 1. The standard InChI is InChI=1S/C20H16BrN3O4/c1-13-2-4-14(5-3-13)10-20(25)23-22-12-16-7-9-19(28-16)17-8-6-15(21)11-18(17)24(26)27/h2-9,11-12H,10H2,1H3,(H,23,25)/b22-12-. The molecule has 0 saturated heterocycles. The van der Waals surface area contributed by atoms with Gasteiger partial charge in [0.1, 0.15) is 11.5 Å². The molecule has 1 aromatic heterocycles. The number of halogens is 1. The largest absolute Gasteiger partial charge is 0.455 e. The molecule has 28 heavy (non-hydrogen) atoms. The van der Waals surface area contributed by atoms with Crippen LogP contribution < -0.4 is 5.43 Å². The summed E-state index contributed by atoms with van der Waals surface area (Å²) in [4.78, 5) is 22.7. The predicted molar refractivity (Wildman–Crippen MR) is 109 cm³/mol.